The molecule has 1 fully saturated rings. The first-order valence-corrected chi connectivity index (χ1v) is 12.4. The Morgan fingerprint density at radius 1 is 1.18 bits per heavy atom. The summed E-state index contributed by atoms with van der Waals surface area (Å²) in [5.74, 6) is -0.105. The summed E-state index contributed by atoms with van der Waals surface area (Å²) in [7, 11) is 2.15. The quantitative estimate of drug-likeness (QED) is 0.659. The van der Waals surface area contributed by atoms with E-state index in [1.54, 1.807) is 0 Å². The molecule has 0 spiro atoms. The lowest BCUT2D eigenvalue weighted by molar-refractivity contribution is -0.123. The highest BCUT2D eigenvalue weighted by Crippen LogP contribution is 2.30. The van der Waals surface area contributed by atoms with Crippen molar-refractivity contribution in [2.24, 2.45) is 5.41 Å². The summed E-state index contributed by atoms with van der Waals surface area (Å²) >= 11 is 6.16. The van der Waals surface area contributed by atoms with E-state index in [0.29, 0.717) is 23.7 Å². The fourth-order valence-corrected chi connectivity index (χ4v) is 4.84. The zero-order valence-corrected chi connectivity index (χ0v) is 21.4. The van der Waals surface area contributed by atoms with Crippen molar-refractivity contribution in [2.45, 2.75) is 39.3 Å². The van der Waals surface area contributed by atoms with Crippen LogP contribution in [-0.2, 0) is 4.79 Å². The normalized spacial score (nSPS) is 20.5. The molecule has 1 saturated heterocycles. The van der Waals surface area contributed by atoms with Gasteiger partial charge in [0.15, 0.2) is 0 Å². The highest BCUT2D eigenvalue weighted by atomic mass is 35.5. The second-order valence-electron chi connectivity index (χ2n) is 10.7. The average Bonchev–Trinajstić information content (AvgIpc) is 3.23. The lowest BCUT2D eigenvalue weighted by Gasteiger charge is -2.39. The predicted molar refractivity (Wildman–Crippen MR) is 136 cm³/mol. The molecule has 0 unspecified atom stereocenters. The van der Waals surface area contributed by atoms with E-state index in [1.807, 2.05) is 41.1 Å². The second kappa shape index (κ2) is 10.1. The van der Waals surface area contributed by atoms with Crippen LogP contribution in [0.2, 0.25) is 5.02 Å². The Labute approximate surface area is 207 Å². The Bertz CT molecular complexity index is 1040. The van der Waals surface area contributed by atoms with Gasteiger partial charge in [-0.15, -0.1) is 0 Å². The third kappa shape index (κ3) is 5.82. The van der Waals surface area contributed by atoms with E-state index in [1.165, 1.54) is 0 Å². The van der Waals surface area contributed by atoms with E-state index in [4.69, 9.17) is 11.6 Å². The van der Waals surface area contributed by atoms with E-state index in [-0.39, 0.29) is 29.3 Å². The molecule has 4 rings (SSSR count). The first-order chi connectivity index (χ1) is 16.1. The van der Waals surface area contributed by atoms with Crippen molar-refractivity contribution in [3.63, 3.8) is 0 Å². The van der Waals surface area contributed by atoms with Gasteiger partial charge in [0, 0.05) is 68.5 Å². The molecule has 0 radical (unpaired) electrons. The third-order valence-electron chi connectivity index (χ3n) is 6.97. The second-order valence-corrected chi connectivity index (χ2v) is 11.1. The highest BCUT2D eigenvalue weighted by Gasteiger charge is 2.32. The van der Waals surface area contributed by atoms with Crippen molar-refractivity contribution in [3.05, 3.63) is 47.2 Å². The van der Waals surface area contributed by atoms with E-state index in [0.717, 1.165) is 43.9 Å². The summed E-state index contributed by atoms with van der Waals surface area (Å²) in [6.45, 7) is 12.0. The Balaban J connectivity index is 1.46. The molecule has 184 valence electrons. The number of fused-ring (bicyclic) bond motifs is 1. The zero-order chi connectivity index (χ0) is 24.5. The van der Waals surface area contributed by atoms with Gasteiger partial charge in [-0.05, 0) is 36.2 Å². The van der Waals surface area contributed by atoms with Gasteiger partial charge in [-0.3, -0.25) is 14.5 Å². The van der Waals surface area contributed by atoms with Crippen LogP contribution in [0.25, 0.3) is 11.1 Å². The molecule has 1 aromatic carbocycles. The maximum absolute atomic E-state index is 13.2. The molecule has 2 atom stereocenters. The van der Waals surface area contributed by atoms with Crippen molar-refractivity contribution in [1.29, 1.82) is 0 Å². The van der Waals surface area contributed by atoms with Gasteiger partial charge in [0.2, 0.25) is 5.91 Å². The molecule has 7 nitrogen and oxygen atoms in total. The third-order valence-corrected chi connectivity index (χ3v) is 7.20. The van der Waals surface area contributed by atoms with Crippen LogP contribution in [0.4, 0.5) is 0 Å². The number of hydrogen-bond donors (Lipinski definition) is 2. The molecule has 2 aliphatic heterocycles. The first-order valence-electron chi connectivity index (χ1n) is 12.1. The van der Waals surface area contributed by atoms with Gasteiger partial charge < -0.3 is 20.1 Å². The monoisotopic (exact) mass is 485 g/mol. The summed E-state index contributed by atoms with van der Waals surface area (Å²) in [6, 6.07) is 9.36. The smallest absolute Gasteiger partial charge is 0.268 e. The van der Waals surface area contributed by atoms with E-state index in [2.05, 4.69) is 48.3 Å². The van der Waals surface area contributed by atoms with Crippen molar-refractivity contribution in [1.82, 2.24) is 25.0 Å². The van der Waals surface area contributed by atoms with Gasteiger partial charge in [0.05, 0.1) is 6.04 Å². The number of rotatable bonds is 6. The molecule has 34 heavy (non-hydrogen) atoms. The Morgan fingerprint density at radius 3 is 2.59 bits per heavy atom. The molecule has 2 N–H and O–H groups in total. The van der Waals surface area contributed by atoms with Crippen LogP contribution in [0.5, 0.6) is 0 Å². The van der Waals surface area contributed by atoms with Gasteiger partial charge in [0.1, 0.15) is 5.69 Å². The molecule has 0 bridgehead atoms. The number of piperazine rings is 1. The van der Waals surface area contributed by atoms with Crippen LogP contribution in [0, 0.1) is 5.41 Å². The minimum Gasteiger partial charge on any atom is -0.351 e. The molecule has 1 aromatic heterocycles. The van der Waals surface area contributed by atoms with Crippen molar-refractivity contribution in [2.75, 3.05) is 46.3 Å². The molecule has 0 saturated carbocycles. The van der Waals surface area contributed by atoms with Crippen molar-refractivity contribution in [3.8, 4) is 11.1 Å². The van der Waals surface area contributed by atoms with Crippen LogP contribution < -0.4 is 10.6 Å². The maximum atomic E-state index is 13.2. The van der Waals surface area contributed by atoms with Crippen LogP contribution >= 0.6 is 11.6 Å². The van der Waals surface area contributed by atoms with Crippen molar-refractivity contribution < 1.29 is 9.59 Å². The Morgan fingerprint density at radius 2 is 1.91 bits per heavy atom. The number of hydrogen-bond acceptors (Lipinski definition) is 4. The fourth-order valence-electron chi connectivity index (χ4n) is 4.65. The number of carbonyl (C=O) groups is 2. The van der Waals surface area contributed by atoms with E-state index >= 15 is 0 Å². The summed E-state index contributed by atoms with van der Waals surface area (Å²) < 4.78 is 1.95. The summed E-state index contributed by atoms with van der Waals surface area (Å²) in [4.78, 5) is 30.5. The SMILES string of the molecule is CN1CCN(C[C@@H](NC(=O)C[C@@H]2CNC(=O)c3cc(-c4cccc(Cl)c4)cn32)C(C)(C)C)CC1. The van der Waals surface area contributed by atoms with Gasteiger partial charge in [-0.25, -0.2) is 0 Å². The Kier molecular flexibility index (Phi) is 7.36. The van der Waals surface area contributed by atoms with Crippen molar-refractivity contribution >= 4 is 23.4 Å². The summed E-state index contributed by atoms with van der Waals surface area (Å²) in [6.07, 6.45) is 2.27. The lowest BCUT2D eigenvalue weighted by atomic mass is 9.86. The number of amides is 2. The number of benzene rings is 1. The molecule has 3 heterocycles. The average molecular weight is 486 g/mol. The van der Waals surface area contributed by atoms with Crippen LogP contribution in [0.15, 0.2) is 36.5 Å². The number of nitrogens with one attached hydrogen (secondary N) is 2. The van der Waals surface area contributed by atoms with Gasteiger partial charge in [-0.2, -0.15) is 0 Å². The van der Waals surface area contributed by atoms with Gasteiger partial charge in [-0.1, -0.05) is 44.5 Å². The molecule has 2 aromatic rings. The highest BCUT2D eigenvalue weighted by molar-refractivity contribution is 6.30. The zero-order valence-electron chi connectivity index (χ0n) is 20.6. The number of carbonyl (C=O) groups excluding carboxylic acids is 2. The molecule has 2 amide bonds. The Hall–Kier alpha value is -2.35. The van der Waals surface area contributed by atoms with Gasteiger partial charge in [0.25, 0.3) is 5.91 Å². The maximum Gasteiger partial charge on any atom is 0.268 e. The number of likely N-dealkylation sites (N-methyl/N-ethyl adjacent to an activating group) is 1. The molecular weight excluding hydrogens is 450 g/mol. The summed E-state index contributed by atoms with van der Waals surface area (Å²) in [5, 5.41) is 6.91. The fraction of sp³-hybridized carbons (Fsp3) is 0.538. The van der Waals surface area contributed by atoms with E-state index < -0.39 is 0 Å². The van der Waals surface area contributed by atoms with E-state index in [9.17, 15) is 9.59 Å². The van der Waals surface area contributed by atoms with Crippen LogP contribution in [0.3, 0.4) is 0 Å². The first kappa shape index (κ1) is 24.8. The molecular formula is C26H36ClN5O2. The largest absolute Gasteiger partial charge is 0.351 e. The molecule has 8 heteroatoms. The minimum absolute atomic E-state index is 0.0131. The van der Waals surface area contributed by atoms with Crippen LogP contribution in [-0.4, -0.2) is 78.5 Å². The number of nitrogens with zero attached hydrogens (tertiary/aromatic N) is 3. The number of halogens is 1. The van der Waals surface area contributed by atoms with Crippen LogP contribution in [0.1, 0.15) is 43.7 Å². The number of aromatic nitrogens is 1. The minimum atomic E-state index is -0.134. The van der Waals surface area contributed by atoms with Gasteiger partial charge >= 0.3 is 0 Å². The topological polar surface area (TPSA) is 69.6 Å². The molecule has 2 aliphatic rings. The molecule has 0 aliphatic carbocycles. The predicted octanol–water partition coefficient (Wildman–Crippen LogP) is 3.26. The standard InChI is InChI=1S/C26H36ClN5O2/c1-26(2,3)23(17-31-10-8-30(4)9-11-31)29-24(33)14-21-15-28-25(34)22-13-19(16-32(21)22)18-6-5-7-20(27)12-18/h5-7,12-13,16,21,23H,8-11,14-15,17H2,1-4H3,(H,28,34)(H,29,33)/t21-,23-/m1/s1. The lowest BCUT2D eigenvalue weighted by Crippen LogP contribution is -2.54. The summed E-state index contributed by atoms with van der Waals surface area (Å²) in [5.41, 5.74) is 2.38.